The van der Waals surface area contributed by atoms with Crippen LogP contribution in [-0.4, -0.2) is 30.7 Å². The van der Waals surface area contributed by atoms with Crippen LogP contribution in [0.1, 0.15) is 49.3 Å². The van der Waals surface area contributed by atoms with E-state index in [4.69, 9.17) is 9.52 Å². The molecule has 7 heteroatoms. The molecule has 1 aromatic rings. The molecule has 1 heterocycles. The monoisotopic (exact) mass is 275 g/mol. The maximum Gasteiger partial charge on any atom is 0.373 e. The summed E-state index contributed by atoms with van der Waals surface area (Å²) in [5.74, 6) is -1.59. The van der Waals surface area contributed by atoms with Crippen molar-refractivity contribution in [1.82, 2.24) is 4.98 Å². The van der Waals surface area contributed by atoms with Gasteiger partial charge in [0, 0.05) is 6.26 Å². The van der Waals surface area contributed by atoms with Crippen LogP contribution in [0, 0.1) is 0 Å². The zero-order valence-corrected chi connectivity index (χ0v) is 11.7. The third-order valence-electron chi connectivity index (χ3n) is 2.82. The van der Waals surface area contributed by atoms with Crippen molar-refractivity contribution in [2.24, 2.45) is 0 Å². The molecule has 6 nitrogen and oxygen atoms in total. The lowest BCUT2D eigenvalue weighted by Crippen LogP contribution is -2.28. The number of aryl methyl sites for hydroxylation is 1. The number of aromatic nitrogens is 1. The van der Waals surface area contributed by atoms with Gasteiger partial charge in [0.2, 0.25) is 11.7 Å². The number of sulfone groups is 1. The first-order valence-corrected chi connectivity index (χ1v) is 7.43. The number of rotatable bonds is 5. The molecule has 0 unspecified atom stereocenters. The molecule has 18 heavy (non-hydrogen) atoms. The Morgan fingerprint density at radius 1 is 1.44 bits per heavy atom. The van der Waals surface area contributed by atoms with Crippen LogP contribution in [0.15, 0.2) is 4.42 Å². The van der Waals surface area contributed by atoms with E-state index in [0.717, 1.165) is 6.26 Å². The summed E-state index contributed by atoms with van der Waals surface area (Å²) in [5, 5.41) is 8.99. The number of aromatic carboxylic acids is 1. The van der Waals surface area contributed by atoms with E-state index in [9.17, 15) is 13.2 Å². The lowest BCUT2D eigenvalue weighted by Gasteiger charge is -2.17. The third-order valence-corrected chi connectivity index (χ3v) is 4.85. The smallest absolute Gasteiger partial charge is 0.373 e. The van der Waals surface area contributed by atoms with Crippen LogP contribution in [0.5, 0.6) is 0 Å². The van der Waals surface area contributed by atoms with Gasteiger partial charge in [0.1, 0.15) is 4.75 Å². The van der Waals surface area contributed by atoms with Crippen molar-refractivity contribution in [2.75, 3.05) is 6.26 Å². The standard InChI is InChI=1S/C11H17NO5S/c1-5-6-7-8(9(13)14)17-10(12-7)11(2,3)18(4,15)16/h5-6H2,1-4H3,(H,13,14). The third kappa shape index (κ3) is 2.55. The quantitative estimate of drug-likeness (QED) is 0.876. The largest absolute Gasteiger partial charge is 0.475 e. The van der Waals surface area contributed by atoms with Gasteiger partial charge in [-0.15, -0.1) is 0 Å². The van der Waals surface area contributed by atoms with Gasteiger partial charge in [0.15, 0.2) is 9.84 Å². The van der Waals surface area contributed by atoms with Crippen LogP contribution in [0.4, 0.5) is 0 Å². The number of hydrogen-bond acceptors (Lipinski definition) is 5. The molecule has 0 aliphatic rings. The normalized spacial score (nSPS) is 12.7. The van der Waals surface area contributed by atoms with E-state index in [0.29, 0.717) is 12.8 Å². The summed E-state index contributed by atoms with van der Waals surface area (Å²) < 4.78 is 27.1. The molecule has 1 rings (SSSR count). The minimum absolute atomic E-state index is 0.0779. The molecule has 0 saturated heterocycles. The fourth-order valence-electron chi connectivity index (χ4n) is 1.34. The molecule has 0 amide bonds. The van der Waals surface area contributed by atoms with Crippen molar-refractivity contribution in [3.05, 3.63) is 17.3 Å². The molecule has 0 fully saturated rings. The Bertz CT molecular complexity index is 556. The van der Waals surface area contributed by atoms with Crippen molar-refractivity contribution in [3.8, 4) is 0 Å². The van der Waals surface area contributed by atoms with E-state index in [1.807, 2.05) is 6.92 Å². The number of carboxylic acids is 1. The van der Waals surface area contributed by atoms with Gasteiger partial charge in [-0.05, 0) is 20.3 Å². The maximum absolute atomic E-state index is 11.7. The molecule has 0 bridgehead atoms. The molecule has 0 saturated carbocycles. The van der Waals surface area contributed by atoms with Gasteiger partial charge in [-0.2, -0.15) is 0 Å². The van der Waals surface area contributed by atoms with Crippen LogP contribution in [0.2, 0.25) is 0 Å². The average Bonchev–Trinajstić information content (AvgIpc) is 2.61. The number of carboxylic acid groups (broad SMARTS) is 1. The van der Waals surface area contributed by atoms with E-state index in [2.05, 4.69) is 4.98 Å². The minimum Gasteiger partial charge on any atom is -0.475 e. The van der Waals surface area contributed by atoms with E-state index in [-0.39, 0.29) is 17.3 Å². The van der Waals surface area contributed by atoms with Crippen molar-refractivity contribution in [3.63, 3.8) is 0 Å². The number of oxazole rings is 1. The first-order chi connectivity index (χ1) is 8.11. The van der Waals surface area contributed by atoms with Crippen LogP contribution in [0.3, 0.4) is 0 Å². The second-order valence-electron chi connectivity index (χ2n) is 4.63. The van der Waals surface area contributed by atoms with Gasteiger partial charge in [0.05, 0.1) is 5.69 Å². The van der Waals surface area contributed by atoms with Crippen molar-refractivity contribution < 1.29 is 22.7 Å². The fourth-order valence-corrected chi connectivity index (χ4v) is 1.75. The summed E-state index contributed by atoms with van der Waals surface area (Å²) in [6.45, 7) is 4.76. The maximum atomic E-state index is 11.7. The molecule has 1 aromatic heterocycles. The highest BCUT2D eigenvalue weighted by atomic mass is 32.2. The average molecular weight is 275 g/mol. The predicted octanol–water partition coefficient (Wildman–Crippen LogP) is 1.60. The van der Waals surface area contributed by atoms with Crippen molar-refractivity contribution >= 4 is 15.8 Å². The van der Waals surface area contributed by atoms with Crippen molar-refractivity contribution in [2.45, 2.75) is 38.4 Å². The second-order valence-corrected chi connectivity index (χ2v) is 7.20. The second kappa shape index (κ2) is 4.72. The van der Waals surface area contributed by atoms with Crippen LogP contribution in [-0.2, 0) is 21.0 Å². The zero-order chi connectivity index (χ0) is 14.1. The number of hydrogen-bond donors (Lipinski definition) is 1. The van der Waals surface area contributed by atoms with Crippen LogP contribution < -0.4 is 0 Å². The van der Waals surface area contributed by atoms with Crippen LogP contribution in [0.25, 0.3) is 0 Å². The van der Waals surface area contributed by atoms with Gasteiger partial charge in [-0.25, -0.2) is 18.2 Å². The molecular formula is C11H17NO5S. The summed E-state index contributed by atoms with van der Waals surface area (Å²) in [5.41, 5.74) is 0.289. The SMILES string of the molecule is CCCc1nc(C(C)(C)S(C)(=O)=O)oc1C(=O)O. The molecular weight excluding hydrogens is 258 g/mol. The molecule has 102 valence electrons. The van der Waals surface area contributed by atoms with E-state index < -0.39 is 20.6 Å². The van der Waals surface area contributed by atoms with Gasteiger partial charge >= 0.3 is 5.97 Å². The Kier molecular flexibility index (Phi) is 3.85. The first-order valence-electron chi connectivity index (χ1n) is 5.54. The summed E-state index contributed by atoms with van der Waals surface area (Å²) in [7, 11) is -3.45. The highest BCUT2D eigenvalue weighted by molar-refractivity contribution is 7.91. The molecule has 0 spiro atoms. The van der Waals surface area contributed by atoms with Gasteiger partial charge in [-0.3, -0.25) is 0 Å². The summed E-state index contributed by atoms with van der Waals surface area (Å²) in [6, 6.07) is 0. The Morgan fingerprint density at radius 3 is 2.39 bits per heavy atom. The molecule has 0 aliphatic carbocycles. The Morgan fingerprint density at radius 2 is 2.00 bits per heavy atom. The van der Waals surface area contributed by atoms with E-state index in [1.54, 1.807) is 0 Å². The summed E-state index contributed by atoms with van der Waals surface area (Å²) in [4.78, 5) is 15.0. The van der Waals surface area contributed by atoms with E-state index in [1.165, 1.54) is 13.8 Å². The Balaban J connectivity index is 3.37. The first kappa shape index (κ1) is 14.7. The lowest BCUT2D eigenvalue weighted by atomic mass is 10.2. The van der Waals surface area contributed by atoms with Crippen molar-refractivity contribution in [1.29, 1.82) is 0 Å². The fraction of sp³-hybridized carbons (Fsp3) is 0.636. The lowest BCUT2D eigenvalue weighted by molar-refractivity contribution is 0.0657. The highest BCUT2D eigenvalue weighted by Gasteiger charge is 2.39. The van der Waals surface area contributed by atoms with Crippen LogP contribution >= 0.6 is 0 Å². The number of carbonyl (C=O) groups is 1. The van der Waals surface area contributed by atoms with Gasteiger partial charge in [-0.1, -0.05) is 13.3 Å². The van der Waals surface area contributed by atoms with Gasteiger partial charge < -0.3 is 9.52 Å². The Labute approximate surface area is 106 Å². The molecule has 1 N–H and O–H groups in total. The highest BCUT2D eigenvalue weighted by Crippen LogP contribution is 2.30. The summed E-state index contributed by atoms with van der Waals surface area (Å²) >= 11 is 0. The van der Waals surface area contributed by atoms with E-state index >= 15 is 0 Å². The van der Waals surface area contributed by atoms with Gasteiger partial charge in [0.25, 0.3) is 0 Å². The zero-order valence-electron chi connectivity index (χ0n) is 10.8. The summed E-state index contributed by atoms with van der Waals surface area (Å²) in [6.07, 6.45) is 2.20. The predicted molar refractivity (Wildman–Crippen MR) is 65.3 cm³/mol. The molecule has 0 aliphatic heterocycles. The number of nitrogens with zero attached hydrogens (tertiary/aromatic N) is 1. The topological polar surface area (TPSA) is 97.5 Å². The molecule has 0 atom stereocenters. The molecule has 0 aromatic carbocycles. The minimum atomic E-state index is -3.45. The molecule has 0 radical (unpaired) electrons. The Hall–Kier alpha value is -1.37.